The lowest BCUT2D eigenvalue weighted by atomic mass is 9.88. The summed E-state index contributed by atoms with van der Waals surface area (Å²) in [5.41, 5.74) is 0.845. The van der Waals surface area contributed by atoms with Crippen LogP contribution in [0.15, 0.2) is 18.3 Å². The molecule has 2 atom stereocenters. The average molecular weight is 376 g/mol. The zero-order chi connectivity index (χ0) is 19.1. The number of hydrogen-bond donors (Lipinski definition) is 2. The SMILES string of the molecule is CCOc1ncccc1CNC(=O)[C@@H]1CNC[C@@H](C(=O)N2CCOCC2)C1. The molecule has 1 aromatic heterocycles. The van der Waals surface area contributed by atoms with Gasteiger partial charge in [0.1, 0.15) is 0 Å². The van der Waals surface area contributed by atoms with E-state index in [0.29, 0.717) is 64.8 Å². The molecule has 3 rings (SSSR count). The number of carbonyl (C=O) groups excluding carboxylic acids is 2. The van der Waals surface area contributed by atoms with Crippen LogP contribution in [0.4, 0.5) is 0 Å². The average Bonchev–Trinajstić information content (AvgIpc) is 2.73. The number of amides is 2. The molecule has 0 saturated carbocycles. The first-order valence-electron chi connectivity index (χ1n) is 9.60. The molecule has 148 valence electrons. The van der Waals surface area contributed by atoms with Crippen LogP contribution in [0.1, 0.15) is 18.9 Å². The smallest absolute Gasteiger partial charge is 0.227 e. The number of ether oxygens (including phenoxy) is 2. The fourth-order valence-corrected chi connectivity index (χ4v) is 3.52. The molecule has 27 heavy (non-hydrogen) atoms. The highest BCUT2D eigenvalue weighted by Gasteiger charge is 2.33. The van der Waals surface area contributed by atoms with Crippen LogP contribution in [-0.2, 0) is 20.9 Å². The first-order chi connectivity index (χ1) is 13.2. The summed E-state index contributed by atoms with van der Waals surface area (Å²) in [5.74, 6) is 0.232. The fraction of sp³-hybridized carbons (Fsp3) is 0.632. The van der Waals surface area contributed by atoms with Crippen molar-refractivity contribution in [3.05, 3.63) is 23.9 Å². The van der Waals surface area contributed by atoms with Crippen LogP contribution in [0.5, 0.6) is 5.88 Å². The van der Waals surface area contributed by atoms with E-state index in [1.807, 2.05) is 24.0 Å². The second kappa shape index (κ2) is 9.66. The van der Waals surface area contributed by atoms with Crippen LogP contribution in [0.25, 0.3) is 0 Å². The van der Waals surface area contributed by atoms with Crippen LogP contribution in [-0.4, -0.2) is 67.7 Å². The van der Waals surface area contributed by atoms with Crippen LogP contribution in [0, 0.1) is 11.8 Å². The molecule has 0 aliphatic carbocycles. The van der Waals surface area contributed by atoms with Crippen LogP contribution < -0.4 is 15.4 Å². The highest BCUT2D eigenvalue weighted by atomic mass is 16.5. The van der Waals surface area contributed by atoms with Crippen molar-refractivity contribution in [2.24, 2.45) is 11.8 Å². The van der Waals surface area contributed by atoms with E-state index in [9.17, 15) is 9.59 Å². The normalized spacial score (nSPS) is 22.9. The summed E-state index contributed by atoms with van der Waals surface area (Å²) >= 11 is 0. The second-order valence-corrected chi connectivity index (χ2v) is 6.84. The highest BCUT2D eigenvalue weighted by Crippen LogP contribution is 2.20. The lowest BCUT2D eigenvalue weighted by Crippen LogP contribution is -2.51. The van der Waals surface area contributed by atoms with Gasteiger partial charge in [-0.05, 0) is 19.4 Å². The zero-order valence-electron chi connectivity index (χ0n) is 15.8. The Bertz CT molecular complexity index is 648. The molecule has 1 aromatic rings. The fourth-order valence-electron chi connectivity index (χ4n) is 3.52. The number of nitrogens with zero attached hydrogens (tertiary/aromatic N) is 2. The third-order valence-corrected chi connectivity index (χ3v) is 4.98. The van der Waals surface area contributed by atoms with Crippen molar-refractivity contribution in [3.8, 4) is 5.88 Å². The van der Waals surface area contributed by atoms with E-state index >= 15 is 0 Å². The minimum absolute atomic E-state index is 0.0479. The van der Waals surface area contributed by atoms with Crippen LogP contribution >= 0.6 is 0 Å². The predicted molar refractivity (Wildman–Crippen MR) is 99.1 cm³/mol. The Labute approximate surface area is 159 Å². The van der Waals surface area contributed by atoms with Crippen molar-refractivity contribution in [2.45, 2.75) is 19.9 Å². The van der Waals surface area contributed by atoms with Crippen molar-refractivity contribution in [1.82, 2.24) is 20.5 Å². The molecule has 2 fully saturated rings. The maximum absolute atomic E-state index is 12.7. The molecule has 2 N–H and O–H groups in total. The Balaban J connectivity index is 1.53. The maximum atomic E-state index is 12.7. The molecule has 2 aliphatic rings. The zero-order valence-corrected chi connectivity index (χ0v) is 15.8. The number of rotatable bonds is 6. The van der Waals surface area contributed by atoms with E-state index in [2.05, 4.69) is 15.6 Å². The number of hydrogen-bond acceptors (Lipinski definition) is 6. The van der Waals surface area contributed by atoms with Gasteiger partial charge >= 0.3 is 0 Å². The van der Waals surface area contributed by atoms with E-state index in [1.54, 1.807) is 6.20 Å². The predicted octanol–water partition coefficient (Wildman–Crippen LogP) is 0.181. The Morgan fingerprint density at radius 2 is 2.11 bits per heavy atom. The molecule has 0 radical (unpaired) electrons. The molecular weight excluding hydrogens is 348 g/mol. The Morgan fingerprint density at radius 1 is 1.33 bits per heavy atom. The largest absolute Gasteiger partial charge is 0.478 e. The number of piperidine rings is 1. The molecule has 0 spiro atoms. The quantitative estimate of drug-likeness (QED) is 0.736. The summed E-state index contributed by atoms with van der Waals surface area (Å²) in [6, 6.07) is 3.71. The van der Waals surface area contributed by atoms with Gasteiger partial charge in [-0.1, -0.05) is 6.07 Å². The number of carbonyl (C=O) groups is 2. The molecular formula is C19H28N4O4. The van der Waals surface area contributed by atoms with Crippen molar-refractivity contribution in [1.29, 1.82) is 0 Å². The summed E-state index contributed by atoms with van der Waals surface area (Å²) in [7, 11) is 0. The number of nitrogens with one attached hydrogen (secondary N) is 2. The topological polar surface area (TPSA) is 92.8 Å². The van der Waals surface area contributed by atoms with Gasteiger partial charge in [-0.3, -0.25) is 9.59 Å². The van der Waals surface area contributed by atoms with Gasteiger partial charge in [0.15, 0.2) is 0 Å². The standard InChI is InChI=1S/C19H28N4O4/c1-2-27-18-14(4-3-5-21-18)13-22-17(24)15-10-16(12-20-11-15)19(25)23-6-8-26-9-7-23/h3-5,15-16,20H,2,6-13H2,1H3,(H,22,24)/t15-,16-/m0/s1. The van der Waals surface area contributed by atoms with Crippen LogP contribution in [0.3, 0.4) is 0 Å². The van der Waals surface area contributed by atoms with E-state index in [4.69, 9.17) is 9.47 Å². The summed E-state index contributed by atoms with van der Waals surface area (Å²) in [5, 5.41) is 6.20. The molecule has 2 saturated heterocycles. The third-order valence-electron chi connectivity index (χ3n) is 4.98. The second-order valence-electron chi connectivity index (χ2n) is 6.84. The summed E-state index contributed by atoms with van der Waals surface area (Å²) in [6.07, 6.45) is 2.24. The Morgan fingerprint density at radius 3 is 2.89 bits per heavy atom. The van der Waals surface area contributed by atoms with Crippen molar-refractivity contribution >= 4 is 11.8 Å². The van der Waals surface area contributed by atoms with E-state index in [1.165, 1.54) is 0 Å². The van der Waals surface area contributed by atoms with Gasteiger partial charge in [-0.2, -0.15) is 0 Å². The first-order valence-corrected chi connectivity index (χ1v) is 9.60. The molecule has 3 heterocycles. The van der Waals surface area contributed by atoms with E-state index in [0.717, 1.165) is 5.56 Å². The molecule has 0 unspecified atom stereocenters. The minimum atomic E-state index is -0.221. The first kappa shape index (κ1) is 19.6. The van der Waals surface area contributed by atoms with Gasteiger partial charge in [0, 0.05) is 44.5 Å². The molecule has 0 bridgehead atoms. The van der Waals surface area contributed by atoms with E-state index < -0.39 is 0 Å². The summed E-state index contributed by atoms with van der Waals surface area (Å²) < 4.78 is 10.8. The maximum Gasteiger partial charge on any atom is 0.227 e. The number of pyridine rings is 1. The van der Waals surface area contributed by atoms with Crippen molar-refractivity contribution < 1.29 is 19.1 Å². The molecule has 8 nitrogen and oxygen atoms in total. The van der Waals surface area contributed by atoms with Gasteiger partial charge in [-0.25, -0.2) is 4.98 Å². The monoisotopic (exact) mass is 376 g/mol. The lowest BCUT2D eigenvalue weighted by molar-refractivity contribution is -0.141. The van der Waals surface area contributed by atoms with Gasteiger partial charge in [0.05, 0.1) is 31.7 Å². The summed E-state index contributed by atoms with van der Waals surface area (Å²) in [4.78, 5) is 31.4. The Hall–Kier alpha value is -2.19. The van der Waals surface area contributed by atoms with Gasteiger partial charge < -0.3 is 25.0 Å². The van der Waals surface area contributed by atoms with E-state index in [-0.39, 0.29) is 23.7 Å². The molecule has 8 heteroatoms. The molecule has 2 aliphatic heterocycles. The molecule has 2 amide bonds. The van der Waals surface area contributed by atoms with Gasteiger partial charge in [0.25, 0.3) is 0 Å². The third kappa shape index (κ3) is 5.17. The minimum Gasteiger partial charge on any atom is -0.478 e. The van der Waals surface area contributed by atoms with Gasteiger partial charge in [-0.15, -0.1) is 0 Å². The lowest BCUT2D eigenvalue weighted by Gasteiger charge is -2.34. The van der Waals surface area contributed by atoms with Crippen molar-refractivity contribution in [3.63, 3.8) is 0 Å². The Kier molecular flexibility index (Phi) is 7.00. The number of morpholine rings is 1. The highest BCUT2D eigenvalue weighted by molar-refractivity contribution is 5.83. The van der Waals surface area contributed by atoms with Crippen LogP contribution in [0.2, 0.25) is 0 Å². The van der Waals surface area contributed by atoms with Gasteiger partial charge in [0.2, 0.25) is 17.7 Å². The van der Waals surface area contributed by atoms with Crippen molar-refractivity contribution in [2.75, 3.05) is 46.0 Å². The molecule has 0 aromatic carbocycles. The summed E-state index contributed by atoms with van der Waals surface area (Å²) in [6.45, 7) is 6.43. The number of aromatic nitrogens is 1.